The van der Waals surface area contributed by atoms with Crippen LogP contribution in [0.15, 0.2) is 52.8 Å². The summed E-state index contributed by atoms with van der Waals surface area (Å²) in [5.74, 6) is -2.28. The highest BCUT2D eigenvalue weighted by atomic mass is 16.6. The number of amides is 2. The number of carboxylic acids is 1. The number of hydrogen-bond donors (Lipinski definition) is 3. The highest BCUT2D eigenvalue weighted by Gasteiger charge is 2.16. The van der Waals surface area contributed by atoms with Crippen molar-refractivity contribution in [3.05, 3.63) is 69.8 Å². The van der Waals surface area contributed by atoms with Crippen molar-refractivity contribution in [1.29, 1.82) is 0 Å². The summed E-state index contributed by atoms with van der Waals surface area (Å²) in [7, 11) is 0. The van der Waals surface area contributed by atoms with Crippen LogP contribution in [0.5, 0.6) is 0 Å². The molecule has 1 heterocycles. The molecule has 0 saturated carbocycles. The fourth-order valence-corrected chi connectivity index (χ4v) is 2.15. The summed E-state index contributed by atoms with van der Waals surface area (Å²) in [5, 5.41) is 24.3. The predicted molar refractivity (Wildman–Crippen MR) is 97.1 cm³/mol. The van der Waals surface area contributed by atoms with Crippen LogP contribution in [0, 0.1) is 10.1 Å². The maximum absolute atomic E-state index is 12.4. The summed E-state index contributed by atoms with van der Waals surface area (Å²) in [5.41, 5.74) is 0.211. The first-order valence-corrected chi connectivity index (χ1v) is 8.18. The molecular weight excluding hydrogens is 370 g/mol. The summed E-state index contributed by atoms with van der Waals surface area (Å²) in [4.78, 5) is 45.3. The number of benzene rings is 1. The lowest BCUT2D eigenvalue weighted by atomic mass is 10.1. The number of carbonyl (C=O) groups is 3. The second-order valence-corrected chi connectivity index (χ2v) is 5.59. The third-order valence-corrected chi connectivity index (χ3v) is 3.51. The van der Waals surface area contributed by atoms with E-state index in [0.29, 0.717) is 5.56 Å². The standard InChI is InChI=1S/C18H17N3O7/c22-16(23)4-1-9-19-17(24)14(20-18(25)15-3-2-10-28-15)11-12-5-7-13(8-6-12)21(26)27/h2-3,5-8,10-11H,1,4,9H2,(H,19,24)(H,20,25)(H,22,23)/b14-11+. The summed E-state index contributed by atoms with van der Waals surface area (Å²) in [6.45, 7) is 0.0966. The van der Waals surface area contributed by atoms with E-state index in [1.165, 1.54) is 48.7 Å². The number of rotatable bonds is 9. The summed E-state index contributed by atoms with van der Waals surface area (Å²) in [6, 6.07) is 8.32. The molecule has 0 aliphatic rings. The molecule has 0 atom stereocenters. The Morgan fingerprint density at radius 2 is 1.89 bits per heavy atom. The van der Waals surface area contributed by atoms with Gasteiger partial charge in [0.15, 0.2) is 5.76 Å². The Bertz CT molecular complexity index is 886. The topological polar surface area (TPSA) is 152 Å². The van der Waals surface area contributed by atoms with Crippen LogP contribution in [0.4, 0.5) is 5.69 Å². The lowest BCUT2D eigenvalue weighted by Crippen LogP contribution is -2.35. The van der Waals surface area contributed by atoms with E-state index < -0.39 is 22.7 Å². The Hall–Kier alpha value is -3.95. The maximum atomic E-state index is 12.4. The summed E-state index contributed by atoms with van der Waals surface area (Å²) in [6.07, 6.45) is 2.76. The zero-order valence-electron chi connectivity index (χ0n) is 14.6. The van der Waals surface area contributed by atoms with Gasteiger partial charge >= 0.3 is 5.97 Å². The second kappa shape index (κ2) is 9.67. The number of hydrogen-bond acceptors (Lipinski definition) is 6. The van der Waals surface area contributed by atoms with Gasteiger partial charge in [-0.1, -0.05) is 0 Å². The number of carboxylic acid groups (broad SMARTS) is 1. The predicted octanol–water partition coefficient (Wildman–Crippen LogP) is 1.94. The molecule has 10 nitrogen and oxygen atoms in total. The molecule has 0 spiro atoms. The molecule has 3 N–H and O–H groups in total. The number of furan rings is 1. The average Bonchev–Trinajstić information content (AvgIpc) is 3.19. The largest absolute Gasteiger partial charge is 0.481 e. The SMILES string of the molecule is O=C(O)CCCNC(=O)/C(=C\c1ccc([N+](=O)[O-])cc1)NC(=O)c1ccco1. The van der Waals surface area contributed by atoms with Gasteiger partial charge in [-0.3, -0.25) is 24.5 Å². The number of non-ortho nitro benzene ring substituents is 1. The van der Waals surface area contributed by atoms with E-state index in [1.807, 2.05) is 0 Å². The highest BCUT2D eigenvalue weighted by Crippen LogP contribution is 2.14. The van der Waals surface area contributed by atoms with Crippen molar-refractivity contribution in [3.63, 3.8) is 0 Å². The molecule has 1 aromatic carbocycles. The summed E-state index contributed by atoms with van der Waals surface area (Å²) >= 11 is 0. The zero-order chi connectivity index (χ0) is 20.5. The Labute approximate surface area is 159 Å². The highest BCUT2D eigenvalue weighted by molar-refractivity contribution is 6.04. The minimum absolute atomic E-state index is 0.00623. The first kappa shape index (κ1) is 20.4. The molecule has 0 aliphatic carbocycles. The van der Waals surface area contributed by atoms with Crippen molar-refractivity contribution in [3.8, 4) is 0 Å². The summed E-state index contributed by atoms with van der Waals surface area (Å²) < 4.78 is 4.98. The Kier molecular flexibility index (Phi) is 7.03. The van der Waals surface area contributed by atoms with Crippen LogP contribution in [0.2, 0.25) is 0 Å². The third kappa shape index (κ3) is 6.09. The first-order valence-electron chi connectivity index (χ1n) is 8.18. The van der Waals surface area contributed by atoms with Crippen molar-refractivity contribution in [2.75, 3.05) is 6.54 Å². The van der Waals surface area contributed by atoms with Crippen LogP contribution < -0.4 is 10.6 Å². The minimum atomic E-state index is -0.984. The molecule has 2 amide bonds. The molecule has 2 aromatic rings. The molecule has 28 heavy (non-hydrogen) atoms. The van der Waals surface area contributed by atoms with Crippen molar-refractivity contribution in [1.82, 2.24) is 10.6 Å². The van der Waals surface area contributed by atoms with Crippen molar-refractivity contribution in [2.45, 2.75) is 12.8 Å². The van der Waals surface area contributed by atoms with Gasteiger partial charge in [0.2, 0.25) is 0 Å². The van der Waals surface area contributed by atoms with Crippen LogP contribution in [0.3, 0.4) is 0 Å². The van der Waals surface area contributed by atoms with E-state index in [9.17, 15) is 24.5 Å². The normalized spacial score (nSPS) is 10.9. The van der Waals surface area contributed by atoms with Gasteiger partial charge in [-0.05, 0) is 42.3 Å². The molecule has 2 rings (SSSR count). The van der Waals surface area contributed by atoms with E-state index in [-0.39, 0.29) is 36.5 Å². The molecule has 0 radical (unpaired) electrons. The lowest BCUT2D eigenvalue weighted by Gasteiger charge is -2.10. The van der Waals surface area contributed by atoms with E-state index in [4.69, 9.17) is 9.52 Å². The number of aliphatic carboxylic acids is 1. The molecule has 1 aromatic heterocycles. The van der Waals surface area contributed by atoms with E-state index in [0.717, 1.165) is 0 Å². The van der Waals surface area contributed by atoms with Gasteiger partial charge in [-0.2, -0.15) is 0 Å². The molecule has 0 fully saturated rings. The Morgan fingerprint density at radius 3 is 2.46 bits per heavy atom. The molecule has 10 heteroatoms. The van der Waals surface area contributed by atoms with Gasteiger partial charge in [0.1, 0.15) is 5.70 Å². The third-order valence-electron chi connectivity index (χ3n) is 3.51. The van der Waals surface area contributed by atoms with Crippen LogP contribution >= 0.6 is 0 Å². The second-order valence-electron chi connectivity index (χ2n) is 5.59. The zero-order valence-corrected chi connectivity index (χ0v) is 14.6. The fourth-order valence-electron chi connectivity index (χ4n) is 2.15. The number of nitrogens with zero attached hydrogens (tertiary/aromatic N) is 1. The molecule has 0 saturated heterocycles. The van der Waals surface area contributed by atoms with Crippen LogP contribution in [0.25, 0.3) is 6.08 Å². The monoisotopic (exact) mass is 387 g/mol. The van der Waals surface area contributed by atoms with E-state index >= 15 is 0 Å². The van der Waals surface area contributed by atoms with Crippen LogP contribution in [-0.2, 0) is 9.59 Å². The Morgan fingerprint density at radius 1 is 1.18 bits per heavy atom. The van der Waals surface area contributed by atoms with E-state index in [2.05, 4.69) is 10.6 Å². The smallest absolute Gasteiger partial charge is 0.303 e. The Balaban J connectivity index is 2.16. The number of nitro groups is 1. The molecule has 0 bridgehead atoms. The quantitative estimate of drug-likeness (QED) is 0.257. The molecular formula is C18H17N3O7. The van der Waals surface area contributed by atoms with Gasteiger partial charge < -0.3 is 20.2 Å². The van der Waals surface area contributed by atoms with E-state index in [1.54, 1.807) is 0 Å². The van der Waals surface area contributed by atoms with Crippen molar-refractivity contribution in [2.24, 2.45) is 0 Å². The first-order chi connectivity index (χ1) is 13.4. The fraction of sp³-hybridized carbons (Fsp3) is 0.167. The molecule has 146 valence electrons. The van der Waals surface area contributed by atoms with Crippen LogP contribution in [-0.4, -0.2) is 34.4 Å². The van der Waals surface area contributed by atoms with Crippen molar-refractivity contribution >= 4 is 29.5 Å². The molecule has 0 unspecified atom stereocenters. The maximum Gasteiger partial charge on any atom is 0.303 e. The number of nitrogens with one attached hydrogen (secondary N) is 2. The van der Waals surface area contributed by atoms with Crippen LogP contribution in [0.1, 0.15) is 29.0 Å². The van der Waals surface area contributed by atoms with Gasteiger partial charge in [0.05, 0.1) is 11.2 Å². The van der Waals surface area contributed by atoms with Gasteiger partial charge in [-0.15, -0.1) is 0 Å². The minimum Gasteiger partial charge on any atom is -0.481 e. The molecule has 0 aliphatic heterocycles. The average molecular weight is 387 g/mol. The van der Waals surface area contributed by atoms with Gasteiger partial charge in [0.25, 0.3) is 17.5 Å². The number of nitro benzene ring substituents is 1. The number of carbonyl (C=O) groups excluding carboxylic acids is 2. The van der Waals surface area contributed by atoms with Crippen molar-refractivity contribution < 1.29 is 28.8 Å². The lowest BCUT2D eigenvalue weighted by molar-refractivity contribution is -0.384. The van der Waals surface area contributed by atoms with Gasteiger partial charge in [0, 0.05) is 25.1 Å². The van der Waals surface area contributed by atoms with Gasteiger partial charge in [-0.25, -0.2) is 0 Å².